The van der Waals surface area contributed by atoms with Crippen molar-refractivity contribution in [3.05, 3.63) is 57.5 Å². The Labute approximate surface area is 128 Å². The molecule has 1 aromatic carbocycles. The van der Waals surface area contributed by atoms with Crippen molar-refractivity contribution >= 4 is 11.3 Å². The molecule has 0 saturated heterocycles. The van der Waals surface area contributed by atoms with Crippen LogP contribution >= 0.6 is 11.3 Å². The molecule has 0 aliphatic carbocycles. The molecule has 1 N–H and O–H groups in total. The van der Waals surface area contributed by atoms with E-state index in [1.54, 1.807) is 17.4 Å². The van der Waals surface area contributed by atoms with E-state index in [0.29, 0.717) is 12.1 Å². The Morgan fingerprint density at radius 1 is 1.33 bits per heavy atom. The first kappa shape index (κ1) is 15.7. The first-order valence-corrected chi connectivity index (χ1v) is 7.62. The largest absolute Gasteiger partial charge is 0.384 e. The maximum atomic E-state index is 13.9. The molecule has 1 atom stereocenters. The van der Waals surface area contributed by atoms with Gasteiger partial charge in [-0.25, -0.2) is 4.39 Å². The van der Waals surface area contributed by atoms with Crippen molar-refractivity contribution in [3.8, 4) is 11.8 Å². The van der Waals surface area contributed by atoms with Gasteiger partial charge in [-0.05, 0) is 31.5 Å². The standard InChI is InChI=1S/C17H18FNOS/c1-13(15-7-3-4-8-16(15)18)19(2)12-17-14(6-5-10-20)9-11-21-17/h3-4,7-9,11,13,20H,10,12H2,1-2H3. The first-order chi connectivity index (χ1) is 10.1. The Morgan fingerprint density at radius 2 is 2.10 bits per heavy atom. The van der Waals surface area contributed by atoms with E-state index in [9.17, 15) is 4.39 Å². The van der Waals surface area contributed by atoms with Gasteiger partial charge in [0.05, 0.1) is 0 Å². The molecule has 0 fully saturated rings. The van der Waals surface area contributed by atoms with Gasteiger partial charge < -0.3 is 5.11 Å². The van der Waals surface area contributed by atoms with Crippen LogP contribution in [-0.4, -0.2) is 23.7 Å². The highest BCUT2D eigenvalue weighted by atomic mass is 32.1. The third-order valence-corrected chi connectivity index (χ3v) is 4.36. The van der Waals surface area contributed by atoms with Gasteiger partial charge in [-0.3, -0.25) is 4.90 Å². The molecule has 0 spiro atoms. The summed E-state index contributed by atoms with van der Waals surface area (Å²) in [5.41, 5.74) is 1.63. The van der Waals surface area contributed by atoms with E-state index in [0.717, 1.165) is 10.4 Å². The highest BCUT2D eigenvalue weighted by Gasteiger charge is 2.16. The molecular weight excluding hydrogens is 285 g/mol. The molecular formula is C17H18FNOS. The Bertz CT molecular complexity index is 656. The zero-order valence-electron chi connectivity index (χ0n) is 12.1. The number of halogens is 1. The predicted octanol–water partition coefficient (Wildman–Crippen LogP) is 3.42. The molecule has 1 heterocycles. The maximum absolute atomic E-state index is 13.9. The van der Waals surface area contributed by atoms with Crippen molar-refractivity contribution in [1.82, 2.24) is 4.90 Å². The fraction of sp³-hybridized carbons (Fsp3) is 0.294. The van der Waals surface area contributed by atoms with Crippen LogP contribution in [0.15, 0.2) is 35.7 Å². The molecule has 0 amide bonds. The molecule has 2 rings (SSSR count). The summed E-state index contributed by atoms with van der Waals surface area (Å²) < 4.78 is 13.9. The molecule has 0 radical (unpaired) electrons. The minimum Gasteiger partial charge on any atom is -0.384 e. The number of nitrogens with zero attached hydrogens (tertiary/aromatic N) is 1. The van der Waals surface area contributed by atoms with Crippen molar-refractivity contribution in [3.63, 3.8) is 0 Å². The zero-order chi connectivity index (χ0) is 15.2. The highest BCUT2D eigenvalue weighted by Crippen LogP contribution is 2.25. The number of benzene rings is 1. The Balaban J connectivity index is 2.13. The van der Waals surface area contributed by atoms with Crippen molar-refractivity contribution in [2.24, 2.45) is 0 Å². The third kappa shape index (κ3) is 3.92. The molecule has 2 nitrogen and oxygen atoms in total. The number of hydrogen-bond donors (Lipinski definition) is 1. The lowest BCUT2D eigenvalue weighted by Gasteiger charge is -2.25. The second-order valence-corrected chi connectivity index (χ2v) is 5.83. The highest BCUT2D eigenvalue weighted by molar-refractivity contribution is 7.10. The number of aliphatic hydroxyl groups is 1. The fourth-order valence-electron chi connectivity index (χ4n) is 2.12. The Morgan fingerprint density at radius 3 is 2.81 bits per heavy atom. The van der Waals surface area contributed by atoms with Gasteiger partial charge in [0.15, 0.2) is 0 Å². The van der Waals surface area contributed by atoms with Gasteiger partial charge in [-0.2, -0.15) is 0 Å². The Kier molecular flexibility index (Phi) is 5.51. The number of rotatable bonds is 4. The summed E-state index contributed by atoms with van der Waals surface area (Å²) in [6.45, 7) is 2.55. The minimum absolute atomic E-state index is 0.0213. The molecule has 0 saturated carbocycles. The first-order valence-electron chi connectivity index (χ1n) is 6.74. The summed E-state index contributed by atoms with van der Waals surface area (Å²) in [7, 11) is 1.97. The van der Waals surface area contributed by atoms with E-state index in [2.05, 4.69) is 16.7 Å². The van der Waals surface area contributed by atoms with Gasteiger partial charge in [0.1, 0.15) is 12.4 Å². The predicted molar refractivity (Wildman–Crippen MR) is 84.6 cm³/mol. The summed E-state index contributed by atoms with van der Waals surface area (Å²) >= 11 is 1.63. The van der Waals surface area contributed by atoms with Crippen LogP contribution in [-0.2, 0) is 6.54 Å². The lowest BCUT2D eigenvalue weighted by atomic mass is 10.1. The van der Waals surface area contributed by atoms with Crippen LogP contribution in [0, 0.1) is 17.7 Å². The van der Waals surface area contributed by atoms with Gasteiger partial charge >= 0.3 is 0 Å². The van der Waals surface area contributed by atoms with Crippen LogP contribution in [0.1, 0.15) is 29.0 Å². The molecule has 110 valence electrons. The van der Waals surface area contributed by atoms with Crippen molar-refractivity contribution in [2.45, 2.75) is 19.5 Å². The van der Waals surface area contributed by atoms with E-state index in [-0.39, 0.29) is 18.5 Å². The number of aliphatic hydroxyl groups excluding tert-OH is 1. The topological polar surface area (TPSA) is 23.5 Å². The second kappa shape index (κ2) is 7.37. The van der Waals surface area contributed by atoms with Gasteiger partial charge in [-0.15, -0.1) is 11.3 Å². The van der Waals surface area contributed by atoms with E-state index in [1.165, 1.54) is 6.07 Å². The summed E-state index contributed by atoms with van der Waals surface area (Å²) in [5, 5.41) is 10.8. The monoisotopic (exact) mass is 303 g/mol. The van der Waals surface area contributed by atoms with Crippen LogP contribution < -0.4 is 0 Å². The minimum atomic E-state index is -0.177. The lowest BCUT2D eigenvalue weighted by molar-refractivity contribution is 0.250. The van der Waals surface area contributed by atoms with Crippen molar-refractivity contribution in [2.75, 3.05) is 13.7 Å². The van der Waals surface area contributed by atoms with Gasteiger partial charge in [0.25, 0.3) is 0 Å². The molecule has 0 bridgehead atoms. The number of hydrogen-bond acceptors (Lipinski definition) is 3. The Hall–Kier alpha value is -1.67. The third-order valence-electron chi connectivity index (χ3n) is 3.46. The van der Waals surface area contributed by atoms with Gasteiger partial charge in [0.2, 0.25) is 0 Å². The summed E-state index contributed by atoms with van der Waals surface area (Å²) in [6, 6.07) is 8.79. The summed E-state index contributed by atoms with van der Waals surface area (Å²) in [4.78, 5) is 3.22. The molecule has 21 heavy (non-hydrogen) atoms. The average Bonchev–Trinajstić information content (AvgIpc) is 2.92. The second-order valence-electron chi connectivity index (χ2n) is 4.83. The van der Waals surface area contributed by atoms with Gasteiger partial charge in [0, 0.05) is 28.6 Å². The van der Waals surface area contributed by atoms with E-state index >= 15 is 0 Å². The fourth-order valence-corrected chi connectivity index (χ4v) is 3.02. The molecule has 0 aliphatic rings. The lowest BCUT2D eigenvalue weighted by Crippen LogP contribution is -2.22. The van der Waals surface area contributed by atoms with Crippen LogP contribution in [0.5, 0.6) is 0 Å². The van der Waals surface area contributed by atoms with Gasteiger partial charge in [-0.1, -0.05) is 30.0 Å². The van der Waals surface area contributed by atoms with Crippen LogP contribution in [0.25, 0.3) is 0 Å². The van der Waals surface area contributed by atoms with Crippen LogP contribution in [0.2, 0.25) is 0 Å². The normalized spacial score (nSPS) is 12.0. The molecule has 0 aliphatic heterocycles. The van der Waals surface area contributed by atoms with Crippen molar-refractivity contribution in [1.29, 1.82) is 0 Å². The quantitative estimate of drug-likeness (QED) is 0.875. The summed E-state index contributed by atoms with van der Waals surface area (Å²) in [6.07, 6.45) is 0. The summed E-state index contributed by atoms with van der Waals surface area (Å²) in [5.74, 6) is 5.44. The van der Waals surface area contributed by atoms with E-state index < -0.39 is 0 Å². The smallest absolute Gasteiger partial charge is 0.127 e. The average molecular weight is 303 g/mol. The molecule has 4 heteroatoms. The number of thiophene rings is 1. The van der Waals surface area contributed by atoms with Crippen LogP contribution in [0.3, 0.4) is 0 Å². The molecule has 1 unspecified atom stereocenters. The van der Waals surface area contributed by atoms with E-state index in [1.807, 2.05) is 37.6 Å². The van der Waals surface area contributed by atoms with Crippen LogP contribution in [0.4, 0.5) is 4.39 Å². The SMILES string of the molecule is CC(c1ccccc1F)N(C)Cc1sccc1C#CCO. The molecule has 1 aromatic heterocycles. The van der Waals surface area contributed by atoms with E-state index in [4.69, 9.17) is 5.11 Å². The maximum Gasteiger partial charge on any atom is 0.127 e. The van der Waals surface area contributed by atoms with Crippen molar-refractivity contribution < 1.29 is 9.50 Å². The zero-order valence-corrected chi connectivity index (χ0v) is 13.0. The molecule has 2 aromatic rings.